The molecule has 1 aromatic carbocycles. The summed E-state index contributed by atoms with van der Waals surface area (Å²) in [5, 5.41) is 15.2. The van der Waals surface area contributed by atoms with Gasteiger partial charge in [-0.25, -0.2) is 8.78 Å². The SMILES string of the molecule is CC.COc1c(F)c(C)c2c(CC(N)C(=O)O)[nH]nc2c1F. The normalized spacial score (nSPS) is 11.8. The molecule has 2 rings (SSSR count). The lowest BCUT2D eigenvalue weighted by atomic mass is 10.0. The Bertz CT molecular complexity index is 686. The molecule has 4 N–H and O–H groups in total. The second kappa shape index (κ2) is 7.17. The average Bonchev–Trinajstić information content (AvgIpc) is 2.91. The highest BCUT2D eigenvalue weighted by molar-refractivity contribution is 5.88. The van der Waals surface area contributed by atoms with E-state index in [-0.39, 0.29) is 28.6 Å². The maximum absolute atomic E-state index is 14.0. The van der Waals surface area contributed by atoms with Gasteiger partial charge in [-0.2, -0.15) is 5.10 Å². The molecule has 6 nitrogen and oxygen atoms in total. The molecule has 0 spiro atoms. The molecule has 2 aromatic rings. The molecule has 8 heteroatoms. The van der Waals surface area contributed by atoms with Crippen LogP contribution in [-0.4, -0.2) is 34.4 Å². The predicted molar refractivity (Wildman–Crippen MR) is 78.0 cm³/mol. The van der Waals surface area contributed by atoms with Crippen molar-refractivity contribution >= 4 is 16.9 Å². The Morgan fingerprint density at radius 1 is 1.41 bits per heavy atom. The molecule has 1 aromatic heterocycles. The fourth-order valence-electron chi connectivity index (χ4n) is 2.06. The lowest BCUT2D eigenvalue weighted by Crippen LogP contribution is -2.32. The molecule has 0 bridgehead atoms. The van der Waals surface area contributed by atoms with Gasteiger partial charge >= 0.3 is 5.97 Å². The van der Waals surface area contributed by atoms with Crippen molar-refractivity contribution in [2.75, 3.05) is 7.11 Å². The van der Waals surface area contributed by atoms with Crippen molar-refractivity contribution in [2.45, 2.75) is 33.2 Å². The first-order chi connectivity index (χ1) is 10.4. The van der Waals surface area contributed by atoms with Crippen LogP contribution in [0.5, 0.6) is 5.75 Å². The number of nitrogens with one attached hydrogen (secondary N) is 1. The number of nitrogens with zero attached hydrogens (tertiary/aromatic N) is 1. The van der Waals surface area contributed by atoms with Gasteiger partial charge in [-0.3, -0.25) is 9.89 Å². The van der Waals surface area contributed by atoms with E-state index >= 15 is 0 Å². The van der Waals surface area contributed by atoms with E-state index in [9.17, 15) is 13.6 Å². The van der Waals surface area contributed by atoms with Crippen molar-refractivity contribution in [1.82, 2.24) is 10.2 Å². The van der Waals surface area contributed by atoms with E-state index in [1.165, 1.54) is 6.92 Å². The van der Waals surface area contributed by atoms with Crippen molar-refractivity contribution in [3.8, 4) is 5.75 Å². The molecular weight excluding hydrogens is 296 g/mol. The number of carbonyl (C=O) groups is 1. The van der Waals surface area contributed by atoms with Gasteiger partial charge in [0.2, 0.25) is 0 Å². The quantitative estimate of drug-likeness (QED) is 0.802. The van der Waals surface area contributed by atoms with E-state index < -0.39 is 29.4 Å². The van der Waals surface area contributed by atoms with Crippen LogP contribution in [0.4, 0.5) is 8.78 Å². The number of aliphatic carboxylic acids is 1. The zero-order valence-electron chi connectivity index (χ0n) is 12.8. The van der Waals surface area contributed by atoms with Gasteiger partial charge in [0, 0.05) is 23.1 Å². The van der Waals surface area contributed by atoms with Crippen molar-refractivity contribution in [3.05, 3.63) is 22.9 Å². The highest BCUT2D eigenvalue weighted by Crippen LogP contribution is 2.33. The number of carboxylic acids is 1. The number of aromatic amines is 1. The lowest BCUT2D eigenvalue weighted by Gasteiger charge is -2.09. The van der Waals surface area contributed by atoms with Crippen molar-refractivity contribution < 1.29 is 23.4 Å². The van der Waals surface area contributed by atoms with Crippen molar-refractivity contribution in [1.29, 1.82) is 0 Å². The molecule has 1 heterocycles. The highest BCUT2D eigenvalue weighted by Gasteiger charge is 2.24. The fraction of sp³-hybridized carbons (Fsp3) is 0.429. The van der Waals surface area contributed by atoms with E-state index in [1.807, 2.05) is 13.8 Å². The topological polar surface area (TPSA) is 101 Å². The van der Waals surface area contributed by atoms with E-state index in [4.69, 9.17) is 10.8 Å². The molecule has 0 amide bonds. The summed E-state index contributed by atoms with van der Waals surface area (Å²) >= 11 is 0. The summed E-state index contributed by atoms with van der Waals surface area (Å²) in [5.74, 6) is -3.50. The van der Waals surface area contributed by atoms with E-state index in [1.54, 1.807) is 0 Å². The van der Waals surface area contributed by atoms with Crippen LogP contribution in [0, 0.1) is 18.6 Å². The van der Waals surface area contributed by atoms with Crippen molar-refractivity contribution in [2.24, 2.45) is 5.73 Å². The molecule has 0 radical (unpaired) electrons. The number of aryl methyl sites for hydroxylation is 1. The van der Waals surface area contributed by atoms with Crippen LogP contribution in [0.25, 0.3) is 10.9 Å². The lowest BCUT2D eigenvalue weighted by molar-refractivity contribution is -0.138. The summed E-state index contributed by atoms with van der Waals surface area (Å²) in [7, 11) is 1.15. The minimum atomic E-state index is -1.21. The summed E-state index contributed by atoms with van der Waals surface area (Å²) in [6, 6.07) is -1.19. The predicted octanol–water partition coefficient (Wildman–Crippen LogP) is 2.14. The Morgan fingerprint density at radius 2 is 2.00 bits per heavy atom. The second-order valence-corrected chi connectivity index (χ2v) is 4.36. The number of ether oxygens (including phenoxy) is 1. The number of benzene rings is 1. The number of nitrogens with two attached hydrogens (primary N) is 1. The summed E-state index contributed by atoms with van der Waals surface area (Å²) < 4.78 is 32.7. The molecule has 0 fully saturated rings. The maximum atomic E-state index is 14.0. The van der Waals surface area contributed by atoms with Crippen LogP contribution in [0.15, 0.2) is 0 Å². The summed E-state index contributed by atoms with van der Waals surface area (Å²) in [5.41, 5.74) is 5.71. The van der Waals surface area contributed by atoms with Gasteiger partial charge in [0.05, 0.1) is 7.11 Å². The van der Waals surface area contributed by atoms with Crippen LogP contribution in [0.2, 0.25) is 0 Å². The van der Waals surface area contributed by atoms with Gasteiger partial charge in [0.25, 0.3) is 0 Å². The van der Waals surface area contributed by atoms with Gasteiger partial charge in [-0.05, 0) is 6.92 Å². The standard InChI is InChI=1S/C12H13F2N3O3.C2H6/c1-4-7-6(3-5(15)12(18)19)16-17-10(7)9(14)11(20-2)8(4)13;1-2/h5H,3,15H2,1-2H3,(H,16,17)(H,18,19);1-2H3. The monoisotopic (exact) mass is 315 g/mol. The molecule has 22 heavy (non-hydrogen) atoms. The Kier molecular flexibility index (Phi) is 5.81. The zero-order chi connectivity index (χ0) is 17.0. The van der Waals surface area contributed by atoms with Gasteiger partial charge in [0.1, 0.15) is 11.6 Å². The van der Waals surface area contributed by atoms with E-state index in [0.29, 0.717) is 0 Å². The van der Waals surface area contributed by atoms with E-state index in [0.717, 1.165) is 7.11 Å². The third kappa shape index (κ3) is 3.01. The molecule has 0 aliphatic carbocycles. The first-order valence-electron chi connectivity index (χ1n) is 6.75. The van der Waals surface area contributed by atoms with Gasteiger partial charge in [0.15, 0.2) is 17.4 Å². The molecular formula is C14H19F2N3O3. The molecule has 122 valence electrons. The smallest absolute Gasteiger partial charge is 0.320 e. The Hall–Kier alpha value is -2.22. The number of rotatable bonds is 4. The third-order valence-corrected chi connectivity index (χ3v) is 3.10. The molecule has 0 aliphatic heterocycles. The first-order valence-corrected chi connectivity index (χ1v) is 6.75. The second-order valence-electron chi connectivity index (χ2n) is 4.36. The van der Waals surface area contributed by atoms with Crippen LogP contribution >= 0.6 is 0 Å². The Morgan fingerprint density at radius 3 is 2.50 bits per heavy atom. The number of methoxy groups -OCH3 is 1. The van der Waals surface area contributed by atoms with E-state index in [2.05, 4.69) is 14.9 Å². The molecule has 0 saturated carbocycles. The molecule has 1 atom stereocenters. The summed E-state index contributed by atoms with van der Waals surface area (Å²) in [6.45, 7) is 5.44. The number of H-pyrrole nitrogens is 1. The number of hydrogen-bond donors (Lipinski definition) is 3. The summed E-state index contributed by atoms with van der Waals surface area (Å²) in [6.07, 6.45) is -0.113. The number of halogens is 2. The maximum Gasteiger partial charge on any atom is 0.320 e. The minimum absolute atomic E-state index is 0.103. The van der Waals surface area contributed by atoms with Crippen LogP contribution < -0.4 is 10.5 Å². The van der Waals surface area contributed by atoms with Gasteiger partial charge in [-0.1, -0.05) is 13.8 Å². The fourth-order valence-corrected chi connectivity index (χ4v) is 2.06. The average molecular weight is 315 g/mol. The van der Waals surface area contributed by atoms with Crippen LogP contribution in [0.1, 0.15) is 25.1 Å². The van der Waals surface area contributed by atoms with Gasteiger partial charge < -0.3 is 15.6 Å². The highest BCUT2D eigenvalue weighted by atomic mass is 19.1. The van der Waals surface area contributed by atoms with Crippen LogP contribution in [0.3, 0.4) is 0 Å². The van der Waals surface area contributed by atoms with Crippen molar-refractivity contribution in [3.63, 3.8) is 0 Å². The number of carboxylic acid groups (broad SMARTS) is 1. The number of fused-ring (bicyclic) bond motifs is 1. The number of hydrogen-bond acceptors (Lipinski definition) is 4. The van der Waals surface area contributed by atoms with Gasteiger partial charge in [-0.15, -0.1) is 0 Å². The van der Waals surface area contributed by atoms with Crippen LogP contribution in [-0.2, 0) is 11.2 Å². The first kappa shape index (κ1) is 17.8. The Labute approximate surface area is 126 Å². The largest absolute Gasteiger partial charge is 0.491 e. The molecule has 1 unspecified atom stereocenters. The number of aromatic nitrogens is 2. The molecule has 0 aliphatic rings. The molecule has 0 saturated heterocycles. The minimum Gasteiger partial charge on any atom is -0.491 e. The third-order valence-electron chi connectivity index (χ3n) is 3.10. The summed E-state index contributed by atoms with van der Waals surface area (Å²) in [4.78, 5) is 10.8. The Balaban J connectivity index is 0.00000116. The zero-order valence-corrected chi connectivity index (χ0v) is 12.8.